The zero-order valence-electron chi connectivity index (χ0n) is 14.2. The standard InChI is InChI=1S/C20H18FN3O2/c1-2-26-18-10-6-5-9-17(18)24-20(25)14-11-12-19(22-13-14)23-16-8-4-3-7-15(16)21/h3-13H,2H2,1H3,(H,22,23)(H,24,25). The highest BCUT2D eigenvalue weighted by Crippen LogP contribution is 2.24. The van der Waals surface area contributed by atoms with Crippen LogP contribution in [0.25, 0.3) is 0 Å². The third-order valence-electron chi connectivity index (χ3n) is 3.60. The van der Waals surface area contributed by atoms with Crippen molar-refractivity contribution in [1.82, 2.24) is 4.98 Å². The highest BCUT2D eigenvalue weighted by molar-refractivity contribution is 6.04. The van der Waals surface area contributed by atoms with Gasteiger partial charge in [-0.15, -0.1) is 0 Å². The van der Waals surface area contributed by atoms with Crippen LogP contribution in [0, 0.1) is 5.82 Å². The first-order chi connectivity index (χ1) is 12.7. The smallest absolute Gasteiger partial charge is 0.257 e. The minimum absolute atomic E-state index is 0.304. The summed E-state index contributed by atoms with van der Waals surface area (Å²) < 4.78 is 19.2. The lowest BCUT2D eigenvalue weighted by molar-refractivity contribution is 0.102. The first-order valence-electron chi connectivity index (χ1n) is 8.18. The molecule has 1 amide bonds. The average Bonchev–Trinajstić information content (AvgIpc) is 2.66. The van der Waals surface area contributed by atoms with Crippen LogP contribution in [0.1, 0.15) is 17.3 Å². The van der Waals surface area contributed by atoms with Gasteiger partial charge in [0.15, 0.2) is 0 Å². The highest BCUT2D eigenvalue weighted by atomic mass is 19.1. The molecule has 0 fully saturated rings. The molecule has 5 nitrogen and oxygen atoms in total. The van der Waals surface area contributed by atoms with Gasteiger partial charge in [0, 0.05) is 6.20 Å². The normalized spacial score (nSPS) is 10.2. The van der Waals surface area contributed by atoms with Crippen molar-refractivity contribution in [2.75, 3.05) is 17.2 Å². The van der Waals surface area contributed by atoms with E-state index in [1.165, 1.54) is 12.3 Å². The molecule has 0 saturated heterocycles. The van der Waals surface area contributed by atoms with Crippen LogP contribution in [-0.4, -0.2) is 17.5 Å². The van der Waals surface area contributed by atoms with E-state index in [1.807, 2.05) is 19.1 Å². The second-order valence-corrected chi connectivity index (χ2v) is 5.42. The number of amides is 1. The molecule has 6 heteroatoms. The van der Waals surface area contributed by atoms with Crippen LogP contribution in [-0.2, 0) is 0 Å². The predicted molar refractivity (Wildman–Crippen MR) is 99.5 cm³/mol. The summed E-state index contributed by atoms with van der Waals surface area (Å²) in [6, 6.07) is 16.8. The van der Waals surface area contributed by atoms with Gasteiger partial charge in [0.1, 0.15) is 17.4 Å². The molecule has 0 aliphatic carbocycles. The number of benzene rings is 2. The van der Waals surface area contributed by atoms with E-state index in [9.17, 15) is 9.18 Å². The molecule has 2 aromatic carbocycles. The number of aromatic nitrogens is 1. The first kappa shape index (κ1) is 17.4. The summed E-state index contributed by atoms with van der Waals surface area (Å²) in [5, 5.41) is 5.68. The molecule has 1 aromatic heterocycles. The van der Waals surface area contributed by atoms with Gasteiger partial charge in [-0.2, -0.15) is 0 Å². The molecule has 0 radical (unpaired) electrons. The van der Waals surface area contributed by atoms with Gasteiger partial charge in [-0.25, -0.2) is 9.37 Å². The Morgan fingerprint density at radius 2 is 1.77 bits per heavy atom. The molecule has 0 spiro atoms. The Bertz CT molecular complexity index is 898. The average molecular weight is 351 g/mol. The number of ether oxygens (including phenoxy) is 1. The van der Waals surface area contributed by atoms with Crippen molar-refractivity contribution in [1.29, 1.82) is 0 Å². The lowest BCUT2D eigenvalue weighted by Crippen LogP contribution is -2.13. The predicted octanol–water partition coefficient (Wildman–Crippen LogP) is 4.62. The van der Waals surface area contributed by atoms with E-state index in [-0.39, 0.29) is 11.7 Å². The van der Waals surface area contributed by atoms with Crippen LogP contribution in [0.2, 0.25) is 0 Å². The molecule has 0 saturated carbocycles. The van der Waals surface area contributed by atoms with Gasteiger partial charge in [0.05, 0.1) is 23.5 Å². The summed E-state index contributed by atoms with van der Waals surface area (Å²) in [5.41, 5.74) is 1.30. The number of carbonyl (C=O) groups excluding carboxylic acids is 1. The van der Waals surface area contributed by atoms with Crippen molar-refractivity contribution >= 4 is 23.1 Å². The lowest BCUT2D eigenvalue weighted by atomic mass is 10.2. The molecule has 3 aromatic rings. The number of nitrogens with one attached hydrogen (secondary N) is 2. The number of nitrogens with zero attached hydrogens (tertiary/aromatic N) is 1. The third kappa shape index (κ3) is 4.16. The summed E-state index contributed by atoms with van der Waals surface area (Å²) in [6.07, 6.45) is 1.43. The molecule has 0 bridgehead atoms. The van der Waals surface area contributed by atoms with Crippen LogP contribution in [0.4, 0.5) is 21.6 Å². The minimum Gasteiger partial charge on any atom is -0.492 e. The number of halogens is 1. The van der Waals surface area contributed by atoms with E-state index in [4.69, 9.17) is 4.74 Å². The molecule has 26 heavy (non-hydrogen) atoms. The maximum absolute atomic E-state index is 13.7. The molecular weight excluding hydrogens is 333 g/mol. The number of para-hydroxylation sites is 3. The maximum atomic E-state index is 13.7. The monoisotopic (exact) mass is 351 g/mol. The number of anilines is 3. The van der Waals surface area contributed by atoms with Gasteiger partial charge in [-0.05, 0) is 43.3 Å². The van der Waals surface area contributed by atoms with E-state index in [1.54, 1.807) is 42.5 Å². The van der Waals surface area contributed by atoms with Gasteiger partial charge < -0.3 is 15.4 Å². The summed E-state index contributed by atoms with van der Waals surface area (Å²) in [5.74, 6) is 0.376. The van der Waals surface area contributed by atoms with E-state index in [0.29, 0.717) is 35.1 Å². The number of rotatable bonds is 6. The topological polar surface area (TPSA) is 63.2 Å². The number of hydrogen-bond donors (Lipinski definition) is 2. The largest absolute Gasteiger partial charge is 0.492 e. The Kier molecular flexibility index (Phi) is 5.43. The van der Waals surface area contributed by atoms with E-state index < -0.39 is 0 Å². The van der Waals surface area contributed by atoms with Gasteiger partial charge in [0.2, 0.25) is 0 Å². The fraction of sp³-hybridized carbons (Fsp3) is 0.100. The minimum atomic E-state index is -0.372. The number of pyridine rings is 1. The summed E-state index contributed by atoms with van der Waals surface area (Å²) in [4.78, 5) is 16.6. The maximum Gasteiger partial charge on any atom is 0.257 e. The van der Waals surface area contributed by atoms with Gasteiger partial charge in [-0.3, -0.25) is 4.79 Å². The number of hydrogen-bond acceptors (Lipinski definition) is 4. The van der Waals surface area contributed by atoms with Crippen molar-refractivity contribution < 1.29 is 13.9 Å². The molecule has 0 atom stereocenters. The van der Waals surface area contributed by atoms with Crippen molar-refractivity contribution in [3.8, 4) is 5.75 Å². The Morgan fingerprint density at radius 1 is 1.04 bits per heavy atom. The Hall–Kier alpha value is -3.41. The fourth-order valence-corrected chi connectivity index (χ4v) is 2.35. The van der Waals surface area contributed by atoms with E-state index in [2.05, 4.69) is 15.6 Å². The molecule has 132 valence electrons. The van der Waals surface area contributed by atoms with Crippen molar-refractivity contribution in [3.05, 3.63) is 78.2 Å². The zero-order chi connectivity index (χ0) is 18.4. The van der Waals surface area contributed by atoms with Gasteiger partial charge in [0.25, 0.3) is 5.91 Å². The lowest BCUT2D eigenvalue weighted by Gasteiger charge is -2.11. The van der Waals surface area contributed by atoms with Crippen molar-refractivity contribution in [2.24, 2.45) is 0 Å². The molecular formula is C20H18FN3O2. The Morgan fingerprint density at radius 3 is 2.46 bits per heavy atom. The zero-order valence-corrected chi connectivity index (χ0v) is 14.2. The summed E-state index contributed by atoms with van der Waals surface area (Å²) in [7, 11) is 0. The van der Waals surface area contributed by atoms with Crippen molar-refractivity contribution in [2.45, 2.75) is 6.92 Å². The van der Waals surface area contributed by atoms with E-state index in [0.717, 1.165) is 0 Å². The van der Waals surface area contributed by atoms with Crippen molar-refractivity contribution in [3.63, 3.8) is 0 Å². The molecule has 0 aliphatic heterocycles. The van der Waals surface area contributed by atoms with Crippen LogP contribution in [0.15, 0.2) is 66.9 Å². The summed E-state index contributed by atoms with van der Waals surface area (Å²) >= 11 is 0. The van der Waals surface area contributed by atoms with Gasteiger partial charge >= 0.3 is 0 Å². The molecule has 0 aliphatic rings. The van der Waals surface area contributed by atoms with Crippen LogP contribution >= 0.6 is 0 Å². The van der Waals surface area contributed by atoms with Crippen LogP contribution < -0.4 is 15.4 Å². The van der Waals surface area contributed by atoms with E-state index >= 15 is 0 Å². The van der Waals surface area contributed by atoms with Gasteiger partial charge in [-0.1, -0.05) is 24.3 Å². The van der Waals surface area contributed by atoms with Crippen LogP contribution in [0.3, 0.4) is 0 Å². The van der Waals surface area contributed by atoms with Crippen LogP contribution in [0.5, 0.6) is 5.75 Å². The molecule has 3 rings (SSSR count). The quantitative estimate of drug-likeness (QED) is 0.680. The molecule has 2 N–H and O–H groups in total. The fourth-order valence-electron chi connectivity index (χ4n) is 2.35. The second-order valence-electron chi connectivity index (χ2n) is 5.42. The molecule has 1 heterocycles. The Labute approximate surface area is 150 Å². The second kappa shape index (κ2) is 8.11. The first-order valence-corrected chi connectivity index (χ1v) is 8.18. The highest BCUT2D eigenvalue weighted by Gasteiger charge is 2.10. The molecule has 0 unspecified atom stereocenters. The Balaban J connectivity index is 1.70. The SMILES string of the molecule is CCOc1ccccc1NC(=O)c1ccc(Nc2ccccc2F)nc1. The summed E-state index contributed by atoms with van der Waals surface area (Å²) in [6.45, 7) is 2.38. The number of carbonyl (C=O) groups is 1. The third-order valence-corrected chi connectivity index (χ3v) is 3.60.